The number of carboxylic acid groups (broad SMARTS) is 2. The molecule has 17 rings (SSSR count). The molecule has 0 atom stereocenters. The molecule has 1 aliphatic rings. The van der Waals surface area contributed by atoms with Crippen molar-refractivity contribution in [3.63, 3.8) is 0 Å². The third-order valence-electron chi connectivity index (χ3n) is 15.5. The van der Waals surface area contributed by atoms with Crippen molar-refractivity contribution in [2.75, 3.05) is 0 Å². The fourth-order valence-electron chi connectivity index (χ4n) is 10.2. The normalized spacial score (nSPS) is 11.3. The summed E-state index contributed by atoms with van der Waals surface area (Å²) in [6, 6.07) is 67.9. The highest BCUT2D eigenvalue weighted by Crippen LogP contribution is 2.34. The number of alkyl halides is 1. The van der Waals surface area contributed by atoms with Gasteiger partial charge in [0.25, 0.3) is 0 Å². The molecule has 0 saturated heterocycles. The van der Waals surface area contributed by atoms with Crippen molar-refractivity contribution in [1.82, 2.24) is 44.9 Å². The number of benzene rings is 6. The van der Waals surface area contributed by atoms with Gasteiger partial charge >= 0.3 is 11.9 Å². The summed E-state index contributed by atoms with van der Waals surface area (Å²) >= 11 is 37.3. The topological polar surface area (TPSA) is 330 Å². The van der Waals surface area contributed by atoms with E-state index in [0.717, 1.165) is 66.8 Å². The van der Waals surface area contributed by atoms with Crippen LogP contribution in [0.3, 0.4) is 0 Å². The number of ketones is 1. The fourth-order valence-corrected chi connectivity index (χ4v) is 17.2. The van der Waals surface area contributed by atoms with E-state index in [1.54, 1.807) is 60.7 Å². The molecule has 113 heavy (non-hydrogen) atoms. The standard InChI is InChI=1S/C13H8ClNOS.C13H7NO4S.C13H9NO2S.C13H11NO2S.C13H9NOS.C7H6ClNO2.C6H6S.C3Cl3N3/c14-7-8-5-6-10-12(16)9-3-1-2-4-11(9)17-13(10)15-8;15-7-8-5-6-10-12(16)9-3-1-2-4-11(9)19(17,18)13(10)14-8;15-7-8-5-6-10-12(16)9-3-1-2-4-11(9)17-13(10)14-8;1-9-7-8-11(13(15)16)12(14-9)17-10-5-3-2-4-6-10;1-8-6-7-10-12(15)9-4-2-3-5-11(9)16-13(10)14-8;1-4-2-3-5(7(10)11)6(8)9-4;7-6-4-2-1-3-5-6;4-1-7-2(5)9-3(6)8-1/h1-6H,7H2;1-7H;1-6,15H,7H2;2-8H,1H3,(H,15,16);2-7H,1H3;2-3H,1H3,(H,10,11);1-5,7H;. The molecule has 32 heteroatoms. The minimum absolute atomic E-state index is 0.000000000000000444. The minimum atomic E-state index is -3.86. The fraction of sp³-hybridized carbons (Fsp3) is 0.0617. The predicted molar refractivity (Wildman–Crippen MR) is 451 cm³/mol. The zero-order chi connectivity index (χ0) is 81.0. The van der Waals surface area contributed by atoms with Crippen LogP contribution in [0.4, 0.5) is 0 Å². The SMILES string of the molecule is Cc1ccc(C(=O)O)c(Cl)n1.Cc1ccc(C(=O)O)c(Sc2ccccc2)n1.Cc1ccc2c(=O)c3ccccc3sc2n1.Clc1nc(Cl)nc(Cl)n1.O=Cc1ccc2c(n1)S(=O)(=O)c1ccccc1C2=O.O=c1c2ccccc2sc2nc(CCl)ccc12.O=c1c2ccccc2sc2nc(CO)ccc12.Sc1ccccc1. The van der Waals surface area contributed by atoms with Crippen LogP contribution in [0.5, 0.6) is 0 Å². The number of aryl methyl sites for hydroxylation is 3. The van der Waals surface area contributed by atoms with Gasteiger partial charge in [-0.25, -0.2) is 47.9 Å². The summed E-state index contributed by atoms with van der Waals surface area (Å²) in [5.41, 5.74) is 4.38. The number of carbonyl (C=O) groups is 4. The quantitative estimate of drug-likeness (QED) is 0.0379. The number of pyridine rings is 6. The molecule has 0 saturated carbocycles. The number of carbonyl (C=O) groups excluding carboxylic acids is 2. The maximum atomic E-state index is 12.4. The van der Waals surface area contributed by atoms with Gasteiger partial charge in [0.1, 0.15) is 30.4 Å². The number of hydrogen-bond acceptors (Lipinski definition) is 24. The summed E-state index contributed by atoms with van der Waals surface area (Å²) in [5, 5.41) is 31.1. The highest BCUT2D eigenvalue weighted by atomic mass is 35.5. The second-order valence-corrected chi connectivity index (χ2v) is 31.5. The Morgan fingerprint density at radius 3 is 1.35 bits per heavy atom. The summed E-state index contributed by atoms with van der Waals surface area (Å²) in [7, 11) is -3.86. The van der Waals surface area contributed by atoms with E-state index < -0.39 is 27.6 Å². The second-order valence-electron chi connectivity index (χ2n) is 23.3. The minimum Gasteiger partial charge on any atom is -0.478 e. The van der Waals surface area contributed by atoms with E-state index in [2.05, 4.69) is 57.5 Å². The first-order valence-corrected chi connectivity index (χ1v) is 40.2. The molecule has 0 bridgehead atoms. The Balaban J connectivity index is 0.000000139. The molecule has 6 aromatic carbocycles. The van der Waals surface area contributed by atoms with Crippen LogP contribution in [-0.2, 0) is 22.3 Å². The lowest BCUT2D eigenvalue weighted by Crippen LogP contribution is -2.22. The van der Waals surface area contributed by atoms with Gasteiger partial charge in [0.2, 0.25) is 25.7 Å². The molecule has 21 nitrogen and oxygen atoms in total. The number of aliphatic hydroxyl groups excluding tert-OH is 1. The number of aldehydes is 1. The van der Waals surface area contributed by atoms with Crippen LogP contribution in [0.2, 0.25) is 21.0 Å². The van der Waals surface area contributed by atoms with Gasteiger partial charge in [-0.2, -0.15) is 15.0 Å². The van der Waals surface area contributed by atoms with Crippen molar-refractivity contribution in [2.24, 2.45) is 0 Å². The summed E-state index contributed by atoms with van der Waals surface area (Å²) < 4.78 is 27.6. The molecule has 3 N–H and O–H groups in total. The number of hydrogen-bond donors (Lipinski definition) is 4. The van der Waals surface area contributed by atoms with Gasteiger partial charge in [-0.3, -0.25) is 24.0 Å². The maximum Gasteiger partial charge on any atom is 0.338 e. The predicted octanol–water partition coefficient (Wildman–Crippen LogP) is 19.0. The molecule has 0 aliphatic carbocycles. The molecule has 0 fully saturated rings. The van der Waals surface area contributed by atoms with Crippen LogP contribution in [0.15, 0.2) is 270 Å². The Labute approximate surface area is 689 Å². The molecule has 0 unspecified atom stereocenters. The molecule has 0 spiro atoms. The van der Waals surface area contributed by atoms with Crippen molar-refractivity contribution in [3.8, 4) is 0 Å². The molecule has 1 aliphatic heterocycles. The van der Waals surface area contributed by atoms with Crippen LogP contribution in [0, 0.1) is 20.8 Å². The van der Waals surface area contributed by atoms with E-state index in [0.29, 0.717) is 49.6 Å². The Morgan fingerprint density at radius 2 is 0.876 bits per heavy atom. The van der Waals surface area contributed by atoms with E-state index in [4.69, 9.17) is 73.3 Å². The van der Waals surface area contributed by atoms with E-state index in [9.17, 15) is 42.0 Å². The highest BCUT2D eigenvalue weighted by molar-refractivity contribution is 7.99. The third kappa shape index (κ3) is 21.9. The number of sulfone groups is 1. The summed E-state index contributed by atoms with van der Waals surface area (Å²) in [6.07, 6.45) is 0.445. The number of rotatable bonds is 7. The van der Waals surface area contributed by atoms with Crippen molar-refractivity contribution in [3.05, 3.63) is 339 Å². The van der Waals surface area contributed by atoms with Gasteiger partial charge in [0.05, 0.1) is 61.6 Å². The van der Waals surface area contributed by atoms with Gasteiger partial charge in [-0.1, -0.05) is 108 Å². The molecular formula is C81H56Cl5N9O12S6. The first-order chi connectivity index (χ1) is 54.2. The number of aromatic carboxylic acids is 2. The second kappa shape index (κ2) is 39.6. The highest BCUT2D eigenvalue weighted by Gasteiger charge is 2.36. The number of carboxylic acids is 2. The van der Waals surface area contributed by atoms with Crippen LogP contribution < -0.4 is 16.3 Å². The molecule has 0 radical (unpaired) electrons. The lowest BCUT2D eigenvalue weighted by Gasteiger charge is -2.17. The van der Waals surface area contributed by atoms with Crippen molar-refractivity contribution < 1.29 is 42.9 Å². The van der Waals surface area contributed by atoms with Crippen molar-refractivity contribution in [1.29, 1.82) is 0 Å². The number of aliphatic hydroxyl groups is 1. The van der Waals surface area contributed by atoms with Crippen molar-refractivity contribution >= 4 is 211 Å². The lowest BCUT2D eigenvalue weighted by atomic mass is 10.0. The van der Waals surface area contributed by atoms with Crippen LogP contribution in [0.1, 0.15) is 75.6 Å². The number of aromatic nitrogens is 9. The first kappa shape index (κ1) is 84.7. The smallest absolute Gasteiger partial charge is 0.338 e. The van der Waals surface area contributed by atoms with Gasteiger partial charge in [0, 0.05) is 62.7 Å². The van der Waals surface area contributed by atoms with Gasteiger partial charge in [-0.15, -0.1) is 58.2 Å². The van der Waals surface area contributed by atoms with E-state index in [1.165, 1.54) is 70.8 Å². The number of nitrogens with zero attached hydrogens (tertiary/aromatic N) is 9. The van der Waals surface area contributed by atoms with E-state index in [-0.39, 0.29) is 81.8 Å². The van der Waals surface area contributed by atoms with Gasteiger partial charge < -0.3 is 15.3 Å². The third-order valence-corrected chi connectivity index (χ3v) is 22.9. The summed E-state index contributed by atoms with van der Waals surface area (Å²) in [4.78, 5) is 120. The summed E-state index contributed by atoms with van der Waals surface area (Å²) in [6.45, 7) is 5.42. The van der Waals surface area contributed by atoms with Crippen LogP contribution in [0.25, 0.3) is 60.9 Å². The Hall–Kier alpha value is -10.8. The van der Waals surface area contributed by atoms with Gasteiger partial charge in [0.15, 0.2) is 33.4 Å². The van der Waals surface area contributed by atoms with E-state index >= 15 is 0 Å². The molecule has 11 heterocycles. The monoisotopic (exact) mass is 1710 g/mol. The van der Waals surface area contributed by atoms with Gasteiger partial charge in [-0.05, 0) is 201 Å². The number of thiol groups is 1. The Morgan fingerprint density at radius 1 is 0.451 bits per heavy atom. The average Bonchev–Trinajstić information content (AvgIpc) is 0.739. The first-order valence-electron chi connectivity index (χ1n) is 33.0. The van der Waals surface area contributed by atoms with Crippen LogP contribution in [-0.4, -0.2) is 92.6 Å². The molecule has 16 aromatic rings. The summed E-state index contributed by atoms with van der Waals surface area (Å²) in [5.74, 6) is -2.03. The van der Waals surface area contributed by atoms with Crippen molar-refractivity contribution in [2.45, 2.75) is 58.0 Å². The Bertz CT molecular complexity index is 6400. The molecular weight excluding hydrogens is 1660 g/mol. The zero-order valence-electron chi connectivity index (χ0n) is 58.8. The lowest BCUT2D eigenvalue weighted by molar-refractivity contribution is 0.0683. The molecule has 0 amide bonds. The maximum absolute atomic E-state index is 12.4. The zero-order valence-corrected chi connectivity index (χ0v) is 67.6. The Kier molecular flexibility index (Phi) is 29.7. The molecule has 568 valence electrons. The van der Waals surface area contributed by atoms with Crippen LogP contribution >= 0.6 is 116 Å². The number of fused-ring (bicyclic) bond motifs is 8. The number of halogens is 5. The average molecular weight is 1720 g/mol. The largest absolute Gasteiger partial charge is 0.478 e. The molecule has 10 aromatic heterocycles. The van der Waals surface area contributed by atoms with E-state index in [1.807, 2.05) is 166 Å².